The van der Waals surface area contributed by atoms with Crippen LogP contribution in [0.25, 0.3) is 0 Å². The highest BCUT2D eigenvalue weighted by atomic mass is 31.1. The second-order valence-corrected chi connectivity index (χ2v) is 10.5. The molecule has 3 atom stereocenters. The van der Waals surface area contributed by atoms with Gasteiger partial charge in [-0.3, -0.25) is 4.90 Å². The number of benzene rings is 2. The van der Waals surface area contributed by atoms with E-state index in [1.54, 1.807) is 5.57 Å². The SMILES string of the molecule is COC[C@@H]1CCCN1[C@@H](C)C1=C(C)C=CC1P(c1ccccc1)c1ccccc1. The van der Waals surface area contributed by atoms with Gasteiger partial charge in [0.2, 0.25) is 0 Å². The van der Waals surface area contributed by atoms with Crippen molar-refractivity contribution in [2.45, 2.75) is 44.4 Å². The fourth-order valence-electron chi connectivity index (χ4n) is 5.04. The number of hydrogen-bond acceptors (Lipinski definition) is 2. The molecule has 2 aromatic carbocycles. The maximum Gasteiger partial charge on any atom is 0.0618 e. The van der Waals surface area contributed by atoms with Crippen LogP contribution in [-0.4, -0.2) is 42.9 Å². The smallest absolute Gasteiger partial charge is 0.0618 e. The van der Waals surface area contributed by atoms with Gasteiger partial charge in [0.15, 0.2) is 0 Å². The van der Waals surface area contributed by atoms with Gasteiger partial charge in [0, 0.05) is 24.9 Å². The molecule has 1 saturated heterocycles. The lowest BCUT2D eigenvalue weighted by Gasteiger charge is -2.36. The van der Waals surface area contributed by atoms with Crippen molar-refractivity contribution >= 4 is 18.5 Å². The Morgan fingerprint density at radius 3 is 2.24 bits per heavy atom. The fraction of sp³-hybridized carbons (Fsp3) is 0.385. The molecule has 2 aliphatic rings. The quantitative estimate of drug-likeness (QED) is 0.609. The van der Waals surface area contributed by atoms with Crippen LogP contribution in [0.15, 0.2) is 84.0 Å². The van der Waals surface area contributed by atoms with E-state index in [-0.39, 0.29) is 0 Å². The monoisotopic (exact) mass is 405 g/mol. The molecule has 152 valence electrons. The Balaban J connectivity index is 1.70. The predicted octanol–water partition coefficient (Wildman–Crippen LogP) is 4.87. The summed E-state index contributed by atoms with van der Waals surface area (Å²) in [5, 5.41) is 2.91. The Kier molecular flexibility index (Phi) is 6.65. The second kappa shape index (κ2) is 9.39. The number of methoxy groups -OCH3 is 1. The molecule has 1 unspecified atom stereocenters. The molecule has 3 heteroatoms. The summed E-state index contributed by atoms with van der Waals surface area (Å²) < 4.78 is 5.54. The Morgan fingerprint density at radius 1 is 1.03 bits per heavy atom. The number of likely N-dealkylation sites (tertiary alicyclic amines) is 1. The Labute approximate surface area is 177 Å². The second-order valence-electron chi connectivity index (χ2n) is 8.15. The van der Waals surface area contributed by atoms with Gasteiger partial charge in [-0.1, -0.05) is 72.8 Å². The molecule has 0 radical (unpaired) electrons. The number of ether oxygens (including phenoxy) is 1. The van der Waals surface area contributed by atoms with Gasteiger partial charge in [-0.2, -0.15) is 0 Å². The fourth-order valence-corrected chi connectivity index (χ4v) is 7.92. The summed E-state index contributed by atoms with van der Waals surface area (Å²) in [7, 11) is 1.34. The van der Waals surface area contributed by atoms with Gasteiger partial charge in [0.1, 0.15) is 0 Å². The Hall–Kier alpha value is -1.73. The van der Waals surface area contributed by atoms with E-state index in [0.29, 0.717) is 17.7 Å². The molecule has 29 heavy (non-hydrogen) atoms. The lowest BCUT2D eigenvalue weighted by molar-refractivity contribution is 0.102. The predicted molar refractivity (Wildman–Crippen MR) is 126 cm³/mol. The molecule has 2 aromatic rings. The van der Waals surface area contributed by atoms with E-state index >= 15 is 0 Å². The molecule has 0 amide bonds. The zero-order chi connectivity index (χ0) is 20.2. The number of nitrogens with zero attached hydrogens (tertiary/aromatic N) is 1. The van der Waals surface area contributed by atoms with E-state index in [1.807, 2.05) is 7.11 Å². The molecule has 0 saturated carbocycles. The zero-order valence-corrected chi connectivity index (χ0v) is 18.7. The summed E-state index contributed by atoms with van der Waals surface area (Å²) in [6, 6.07) is 23.2. The first-order valence-electron chi connectivity index (χ1n) is 10.7. The van der Waals surface area contributed by atoms with Gasteiger partial charge < -0.3 is 4.74 Å². The van der Waals surface area contributed by atoms with E-state index in [0.717, 1.165) is 6.61 Å². The zero-order valence-electron chi connectivity index (χ0n) is 17.8. The highest BCUT2D eigenvalue weighted by molar-refractivity contribution is 7.74. The maximum atomic E-state index is 5.54. The molecule has 2 nitrogen and oxygen atoms in total. The van der Waals surface area contributed by atoms with Crippen molar-refractivity contribution < 1.29 is 4.74 Å². The molecule has 0 aromatic heterocycles. The van der Waals surface area contributed by atoms with Gasteiger partial charge in [0.25, 0.3) is 0 Å². The highest BCUT2D eigenvalue weighted by Gasteiger charge is 2.37. The maximum absolute atomic E-state index is 5.54. The molecule has 0 spiro atoms. The Morgan fingerprint density at radius 2 is 1.66 bits per heavy atom. The third kappa shape index (κ3) is 4.26. The van der Waals surface area contributed by atoms with Crippen LogP contribution in [0.5, 0.6) is 0 Å². The molecule has 1 heterocycles. The molecule has 1 fully saturated rings. The molecule has 0 N–H and O–H groups in total. The average Bonchev–Trinajstić information content (AvgIpc) is 3.37. The summed E-state index contributed by atoms with van der Waals surface area (Å²) in [5.74, 6) is 0. The first kappa shape index (κ1) is 20.5. The van der Waals surface area contributed by atoms with E-state index in [1.165, 1.54) is 35.6 Å². The minimum Gasteiger partial charge on any atom is -0.383 e. The first-order chi connectivity index (χ1) is 14.2. The van der Waals surface area contributed by atoms with Crippen LogP contribution in [0.4, 0.5) is 0 Å². The largest absolute Gasteiger partial charge is 0.383 e. The first-order valence-corrected chi connectivity index (χ1v) is 12.1. The minimum atomic E-state index is -0.490. The van der Waals surface area contributed by atoms with E-state index in [9.17, 15) is 0 Å². The molecular weight excluding hydrogens is 373 g/mol. The number of allylic oxidation sites excluding steroid dienone is 3. The normalized spacial score (nSPS) is 23.3. The summed E-state index contributed by atoms with van der Waals surface area (Å²) in [6.07, 6.45) is 7.34. The molecule has 1 aliphatic heterocycles. The van der Waals surface area contributed by atoms with Crippen molar-refractivity contribution in [3.05, 3.63) is 84.0 Å². The van der Waals surface area contributed by atoms with Crippen LogP contribution in [0.3, 0.4) is 0 Å². The lowest BCUT2D eigenvalue weighted by atomic mass is 10.0. The number of rotatable bonds is 7. The van der Waals surface area contributed by atoms with Crippen LogP contribution >= 0.6 is 7.92 Å². The van der Waals surface area contributed by atoms with Crippen LogP contribution in [0, 0.1) is 0 Å². The minimum absolute atomic E-state index is 0.440. The highest BCUT2D eigenvalue weighted by Crippen LogP contribution is 2.48. The van der Waals surface area contributed by atoms with E-state index < -0.39 is 7.92 Å². The van der Waals surface area contributed by atoms with Gasteiger partial charge in [-0.15, -0.1) is 0 Å². The third-order valence-corrected chi connectivity index (χ3v) is 9.09. The van der Waals surface area contributed by atoms with Crippen LogP contribution in [0.2, 0.25) is 0 Å². The lowest BCUT2D eigenvalue weighted by Crippen LogP contribution is -2.42. The van der Waals surface area contributed by atoms with Crippen molar-refractivity contribution in [3.63, 3.8) is 0 Å². The van der Waals surface area contributed by atoms with Gasteiger partial charge >= 0.3 is 0 Å². The summed E-state index contributed by atoms with van der Waals surface area (Å²) in [4.78, 5) is 2.69. The van der Waals surface area contributed by atoms with Crippen molar-refractivity contribution in [3.8, 4) is 0 Å². The van der Waals surface area contributed by atoms with E-state index in [4.69, 9.17) is 4.74 Å². The van der Waals surface area contributed by atoms with Crippen molar-refractivity contribution in [1.29, 1.82) is 0 Å². The van der Waals surface area contributed by atoms with Gasteiger partial charge in [-0.25, -0.2) is 0 Å². The third-order valence-electron chi connectivity index (χ3n) is 6.38. The number of hydrogen-bond donors (Lipinski definition) is 0. The standard InChI is InChI=1S/C26H32NOP/c1-20-16-17-25(26(20)21(2)27-18-10-11-22(27)19-28-3)29(23-12-6-4-7-13-23)24-14-8-5-9-15-24/h4-9,12-17,21-22,25H,10-11,18-19H2,1-3H3/t21-,22-,25?/m0/s1. The van der Waals surface area contributed by atoms with Gasteiger partial charge in [-0.05, 0) is 62.9 Å². The van der Waals surface area contributed by atoms with Crippen molar-refractivity contribution in [2.75, 3.05) is 20.3 Å². The van der Waals surface area contributed by atoms with Crippen LogP contribution in [-0.2, 0) is 4.74 Å². The summed E-state index contributed by atoms with van der Waals surface area (Å²) >= 11 is 0. The molecule has 1 aliphatic carbocycles. The average molecular weight is 406 g/mol. The molecule has 0 bridgehead atoms. The molecule has 4 rings (SSSR count). The van der Waals surface area contributed by atoms with Crippen LogP contribution in [0.1, 0.15) is 26.7 Å². The Bertz CT molecular complexity index is 821. The van der Waals surface area contributed by atoms with Crippen molar-refractivity contribution in [2.24, 2.45) is 0 Å². The molecular formula is C26H32NOP. The van der Waals surface area contributed by atoms with E-state index in [2.05, 4.69) is 91.6 Å². The van der Waals surface area contributed by atoms with Crippen LogP contribution < -0.4 is 10.6 Å². The summed E-state index contributed by atoms with van der Waals surface area (Å²) in [5.41, 5.74) is 3.50. The van der Waals surface area contributed by atoms with Gasteiger partial charge in [0.05, 0.1) is 6.61 Å². The summed E-state index contributed by atoms with van der Waals surface area (Å²) in [6.45, 7) is 6.72. The topological polar surface area (TPSA) is 12.5 Å². The van der Waals surface area contributed by atoms with Crippen molar-refractivity contribution in [1.82, 2.24) is 4.90 Å².